The molecule has 0 radical (unpaired) electrons. The van der Waals surface area contributed by atoms with Gasteiger partial charge in [-0.05, 0) is 65.7 Å². The molecule has 0 fully saturated rings. The van der Waals surface area contributed by atoms with Crippen LogP contribution in [-0.4, -0.2) is 39.8 Å². The Balaban J connectivity index is 1.72. The van der Waals surface area contributed by atoms with Gasteiger partial charge in [0.15, 0.2) is 17.3 Å². The Bertz CT molecular complexity index is 1060. The second-order valence-electron chi connectivity index (χ2n) is 6.38. The van der Waals surface area contributed by atoms with Crippen LogP contribution < -0.4 is 14.8 Å². The van der Waals surface area contributed by atoms with Crippen LogP contribution in [0.5, 0.6) is 11.5 Å². The topological polar surface area (TPSA) is 91.2 Å². The van der Waals surface area contributed by atoms with Crippen LogP contribution in [0.4, 0.5) is 10.1 Å². The molecule has 0 saturated carbocycles. The highest BCUT2D eigenvalue weighted by Crippen LogP contribution is 2.28. The molecular weight excluding hydrogens is 389 g/mol. The normalized spacial score (nSPS) is 10.9. The lowest BCUT2D eigenvalue weighted by molar-refractivity contribution is -0.111. The SMILES string of the molecule is CCCOc1ccc(/C=C/C(=O)Nc2cc(-n3nnnc3C)ccc2F)cc1OC. The number of aryl methyl sites for hydroxylation is 1. The predicted molar refractivity (Wildman–Crippen MR) is 110 cm³/mol. The average molecular weight is 411 g/mol. The number of nitrogens with one attached hydrogen (secondary N) is 1. The molecule has 1 N–H and O–H groups in total. The molecule has 0 unspecified atom stereocenters. The van der Waals surface area contributed by atoms with Crippen molar-refractivity contribution in [2.75, 3.05) is 19.0 Å². The van der Waals surface area contributed by atoms with Crippen molar-refractivity contribution in [1.29, 1.82) is 0 Å². The molecule has 3 rings (SSSR count). The lowest BCUT2D eigenvalue weighted by Gasteiger charge is -2.10. The van der Waals surface area contributed by atoms with E-state index in [-0.39, 0.29) is 5.69 Å². The molecular formula is C21H22FN5O3. The highest BCUT2D eigenvalue weighted by atomic mass is 19.1. The van der Waals surface area contributed by atoms with Gasteiger partial charge in [0.25, 0.3) is 0 Å². The average Bonchev–Trinajstić information content (AvgIpc) is 3.18. The number of carbonyl (C=O) groups is 1. The Morgan fingerprint density at radius 1 is 1.23 bits per heavy atom. The standard InChI is InChI=1S/C21H22FN5O3/c1-4-11-30-19-9-5-15(12-20(19)29-3)6-10-21(28)23-18-13-16(7-8-17(18)22)27-14(2)24-25-26-27/h5-10,12-13H,4,11H2,1-3H3,(H,23,28)/b10-6+. The third kappa shape index (κ3) is 4.99. The Labute approximate surface area is 173 Å². The molecule has 8 nitrogen and oxygen atoms in total. The molecule has 1 aromatic heterocycles. The first-order valence-electron chi connectivity index (χ1n) is 9.36. The highest BCUT2D eigenvalue weighted by Gasteiger charge is 2.10. The van der Waals surface area contributed by atoms with E-state index < -0.39 is 11.7 Å². The summed E-state index contributed by atoms with van der Waals surface area (Å²) in [5.41, 5.74) is 1.30. The van der Waals surface area contributed by atoms with Crippen LogP contribution in [0.3, 0.4) is 0 Å². The van der Waals surface area contributed by atoms with E-state index in [1.54, 1.807) is 38.3 Å². The largest absolute Gasteiger partial charge is 0.493 e. The molecule has 0 bridgehead atoms. The van der Waals surface area contributed by atoms with Gasteiger partial charge in [0, 0.05) is 6.08 Å². The first kappa shape index (κ1) is 21.0. The van der Waals surface area contributed by atoms with Crippen molar-refractivity contribution in [3.8, 4) is 17.2 Å². The van der Waals surface area contributed by atoms with E-state index in [9.17, 15) is 9.18 Å². The Hall–Kier alpha value is -3.75. The Morgan fingerprint density at radius 2 is 2.07 bits per heavy atom. The fraction of sp³-hybridized carbons (Fsp3) is 0.238. The fourth-order valence-corrected chi connectivity index (χ4v) is 2.68. The zero-order valence-electron chi connectivity index (χ0n) is 16.9. The van der Waals surface area contributed by atoms with Gasteiger partial charge in [0.2, 0.25) is 5.91 Å². The number of tetrazole rings is 1. The molecule has 3 aromatic rings. The number of halogens is 1. The summed E-state index contributed by atoms with van der Waals surface area (Å²) in [6.07, 6.45) is 3.81. The molecule has 1 heterocycles. The summed E-state index contributed by atoms with van der Waals surface area (Å²) in [5, 5.41) is 13.7. The minimum absolute atomic E-state index is 0.0259. The van der Waals surface area contributed by atoms with Crippen LogP contribution in [0, 0.1) is 12.7 Å². The first-order chi connectivity index (χ1) is 14.5. The summed E-state index contributed by atoms with van der Waals surface area (Å²) in [6, 6.07) is 9.58. The molecule has 156 valence electrons. The lowest BCUT2D eigenvalue weighted by Crippen LogP contribution is -2.10. The van der Waals surface area contributed by atoms with Crippen molar-refractivity contribution in [2.45, 2.75) is 20.3 Å². The maximum atomic E-state index is 14.2. The number of anilines is 1. The number of carbonyl (C=O) groups excluding carboxylic acids is 1. The number of hydrogen-bond acceptors (Lipinski definition) is 6. The zero-order valence-corrected chi connectivity index (χ0v) is 16.9. The fourth-order valence-electron chi connectivity index (χ4n) is 2.68. The van der Waals surface area contributed by atoms with Crippen molar-refractivity contribution < 1.29 is 18.7 Å². The predicted octanol–water partition coefficient (Wildman–Crippen LogP) is 3.56. The Kier molecular flexibility index (Phi) is 6.74. The van der Waals surface area contributed by atoms with E-state index in [1.165, 1.54) is 29.0 Å². The third-order valence-corrected chi connectivity index (χ3v) is 4.15. The van der Waals surface area contributed by atoms with Gasteiger partial charge in [-0.3, -0.25) is 4.79 Å². The molecule has 9 heteroatoms. The van der Waals surface area contributed by atoms with Crippen LogP contribution in [-0.2, 0) is 4.79 Å². The van der Waals surface area contributed by atoms with Gasteiger partial charge in [-0.2, -0.15) is 4.68 Å². The summed E-state index contributed by atoms with van der Waals surface area (Å²) in [6.45, 7) is 4.32. The third-order valence-electron chi connectivity index (χ3n) is 4.15. The van der Waals surface area contributed by atoms with E-state index in [4.69, 9.17) is 9.47 Å². The summed E-state index contributed by atoms with van der Waals surface area (Å²) in [5.74, 6) is 0.702. The van der Waals surface area contributed by atoms with E-state index in [0.29, 0.717) is 29.6 Å². The van der Waals surface area contributed by atoms with Gasteiger partial charge in [-0.1, -0.05) is 13.0 Å². The number of methoxy groups -OCH3 is 1. The summed E-state index contributed by atoms with van der Waals surface area (Å²) >= 11 is 0. The molecule has 30 heavy (non-hydrogen) atoms. The van der Waals surface area contributed by atoms with Crippen LogP contribution >= 0.6 is 0 Å². The number of amides is 1. The Morgan fingerprint density at radius 3 is 2.77 bits per heavy atom. The number of ether oxygens (including phenoxy) is 2. The van der Waals surface area contributed by atoms with Crippen LogP contribution in [0.25, 0.3) is 11.8 Å². The second-order valence-corrected chi connectivity index (χ2v) is 6.38. The van der Waals surface area contributed by atoms with Gasteiger partial charge in [0.1, 0.15) is 5.82 Å². The van der Waals surface area contributed by atoms with E-state index >= 15 is 0 Å². The second kappa shape index (κ2) is 9.64. The molecule has 0 atom stereocenters. The van der Waals surface area contributed by atoms with Crippen molar-refractivity contribution in [2.24, 2.45) is 0 Å². The van der Waals surface area contributed by atoms with Crippen LogP contribution in [0.1, 0.15) is 24.7 Å². The number of rotatable bonds is 8. The number of hydrogen-bond donors (Lipinski definition) is 1. The van der Waals surface area contributed by atoms with Gasteiger partial charge < -0.3 is 14.8 Å². The molecule has 1 amide bonds. The quantitative estimate of drug-likeness (QED) is 0.570. The maximum absolute atomic E-state index is 14.2. The highest BCUT2D eigenvalue weighted by molar-refractivity contribution is 6.02. The van der Waals surface area contributed by atoms with Gasteiger partial charge >= 0.3 is 0 Å². The van der Waals surface area contributed by atoms with E-state index in [2.05, 4.69) is 20.8 Å². The minimum atomic E-state index is -0.565. The molecule has 0 saturated heterocycles. The van der Waals surface area contributed by atoms with E-state index in [0.717, 1.165) is 12.0 Å². The summed E-state index contributed by atoms with van der Waals surface area (Å²) in [7, 11) is 1.55. The van der Waals surface area contributed by atoms with Crippen molar-refractivity contribution >= 4 is 17.7 Å². The molecule has 0 aliphatic carbocycles. The monoisotopic (exact) mass is 411 g/mol. The van der Waals surface area contributed by atoms with Crippen LogP contribution in [0.2, 0.25) is 0 Å². The summed E-state index contributed by atoms with van der Waals surface area (Å²) < 4.78 is 26.5. The van der Waals surface area contributed by atoms with Gasteiger partial charge in [-0.15, -0.1) is 5.10 Å². The van der Waals surface area contributed by atoms with Crippen molar-refractivity contribution in [3.05, 3.63) is 59.7 Å². The van der Waals surface area contributed by atoms with Crippen molar-refractivity contribution in [1.82, 2.24) is 20.2 Å². The van der Waals surface area contributed by atoms with Crippen LogP contribution in [0.15, 0.2) is 42.5 Å². The molecule has 0 aliphatic rings. The molecule has 0 aliphatic heterocycles. The van der Waals surface area contributed by atoms with Gasteiger partial charge in [0.05, 0.1) is 25.1 Å². The van der Waals surface area contributed by atoms with E-state index in [1.807, 2.05) is 6.92 Å². The van der Waals surface area contributed by atoms with Crippen molar-refractivity contribution in [3.63, 3.8) is 0 Å². The molecule has 2 aromatic carbocycles. The molecule has 0 spiro atoms. The number of nitrogens with zero attached hydrogens (tertiary/aromatic N) is 4. The summed E-state index contributed by atoms with van der Waals surface area (Å²) in [4.78, 5) is 12.3. The number of benzene rings is 2. The lowest BCUT2D eigenvalue weighted by atomic mass is 10.2. The number of aromatic nitrogens is 4. The smallest absolute Gasteiger partial charge is 0.248 e. The maximum Gasteiger partial charge on any atom is 0.248 e. The first-order valence-corrected chi connectivity index (χ1v) is 9.36. The van der Waals surface area contributed by atoms with Gasteiger partial charge in [-0.25, -0.2) is 4.39 Å². The minimum Gasteiger partial charge on any atom is -0.493 e. The zero-order chi connectivity index (χ0) is 21.5.